The Bertz CT molecular complexity index is 536. The second-order valence-corrected chi connectivity index (χ2v) is 5.70. The lowest BCUT2D eigenvalue weighted by molar-refractivity contribution is -0.645. The van der Waals surface area contributed by atoms with Crippen molar-refractivity contribution in [2.45, 2.75) is 11.1 Å². The maximum absolute atomic E-state index is 11.4. The Morgan fingerprint density at radius 1 is 1.28 bits per heavy atom. The van der Waals surface area contributed by atoms with Gasteiger partial charge in [0, 0.05) is 22.4 Å². The maximum Gasteiger partial charge on any atom is 0.251 e. The number of hydrogen-bond donors (Lipinski definition) is 1. The molecule has 1 atom stereocenters. The van der Waals surface area contributed by atoms with Crippen LogP contribution in [-0.2, 0) is 0 Å². The molecule has 3 nitrogen and oxygen atoms in total. The van der Waals surface area contributed by atoms with E-state index in [1.807, 2.05) is 30.3 Å². The van der Waals surface area contributed by atoms with Crippen molar-refractivity contribution >= 4 is 27.7 Å². The molecule has 5 heteroatoms. The van der Waals surface area contributed by atoms with E-state index in [1.165, 1.54) is 18.0 Å². The third-order valence-corrected chi connectivity index (χ3v) is 4.00. The van der Waals surface area contributed by atoms with Crippen LogP contribution in [-0.4, -0.2) is 10.9 Å². The lowest BCUT2D eigenvalue weighted by atomic mass is 10.1. The standard InChI is InChI=1S/C13H12BrNO2S/c14-11-5-3-4-10(8-11)12(16)9-18-13-6-1-2-7-15(13)17/h1-8,12,16H,9H2. The molecule has 1 heterocycles. The molecule has 1 unspecified atom stereocenters. The van der Waals surface area contributed by atoms with Crippen LogP contribution in [0, 0.1) is 5.21 Å². The van der Waals surface area contributed by atoms with Crippen LogP contribution < -0.4 is 4.73 Å². The summed E-state index contributed by atoms with van der Waals surface area (Å²) in [7, 11) is 0. The number of benzene rings is 1. The minimum Gasteiger partial charge on any atom is -0.618 e. The van der Waals surface area contributed by atoms with E-state index >= 15 is 0 Å². The first-order valence-corrected chi connectivity index (χ1v) is 7.19. The summed E-state index contributed by atoms with van der Waals surface area (Å²) in [6.07, 6.45) is 0.862. The molecule has 94 valence electrons. The van der Waals surface area contributed by atoms with E-state index in [0.29, 0.717) is 10.8 Å². The molecule has 2 rings (SSSR count). The van der Waals surface area contributed by atoms with E-state index in [0.717, 1.165) is 14.8 Å². The number of aromatic nitrogens is 1. The number of aliphatic hydroxyl groups is 1. The van der Waals surface area contributed by atoms with Crippen LogP contribution >= 0.6 is 27.7 Å². The molecule has 18 heavy (non-hydrogen) atoms. The maximum atomic E-state index is 11.4. The zero-order valence-electron chi connectivity index (χ0n) is 9.49. The number of aliphatic hydroxyl groups excluding tert-OH is 1. The highest BCUT2D eigenvalue weighted by Crippen LogP contribution is 2.24. The predicted octanol–water partition coefficient (Wildman–Crippen LogP) is 2.91. The third-order valence-electron chi connectivity index (χ3n) is 2.41. The van der Waals surface area contributed by atoms with Crippen molar-refractivity contribution in [2.75, 3.05) is 5.75 Å². The Balaban J connectivity index is 2.00. The number of rotatable bonds is 4. The van der Waals surface area contributed by atoms with Crippen molar-refractivity contribution < 1.29 is 9.84 Å². The van der Waals surface area contributed by atoms with Gasteiger partial charge in [-0.15, -0.1) is 0 Å². The Morgan fingerprint density at radius 2 is 2.11 bits per heavy atom. The quantitative estimate of drug-likeness (QED) is 0.534. The minimum atomic E-state index is -0.590. The number of hydrogen-bond acceptors (Lipinski definition) is 3. The topological polar surface area (TPSA) is 47.2 Å². The Morgan fingerprint density at radius 3 is 2.83 bits per heavy atom. The summed E-state index contributed by atoms with van der Waals surface area (Å²) in [5.74, 6) is 0.447. The average molecular weight is 326 g/mol. The molecule has 1 aromatic heterocycles. The molecule has 2 aromatic rings. The summed E-state index contributed by atoms with van der Waals surface area (Å²) in [6, 6.07) is 12.8. The van der Waals surface area contributed by atoms with Crippen LogP contribution in [0.15, 0.2) is 58.2 Å². The van der Waals surface area contributed by atoms with E-state index in [-0.39, 0.29) is 0 Å². The SMILES string of the molecule is [O-][n+]1ccccc1SCC(O)c1cccc(Br)c1. The summed E-state index contributed by atoms with van der Waals surface area (Å²) in [6.45, 7) is 0. The molecule has 0 radical (unpaired) electrons. The molecule has 0 aliphatic rings. The fourth-order valence-electron chi connectivity index (χ4n) is 1.50. The molecule has 0 spiro atoms. The highest BCUT2D eigenvalue weighted by atomic mass is 79.9. The van der Waals surface area contributed by atoms with Crippen LogP contribution in [0.25, 0.3) is 0 Å². The van der Waals surface area contributed by atoms with Gasteiger partial charge < -0.3 is 10.3 Å². The van der Waals surface area contributed by atoms with E-state index in [1.54, 1.807) is 12.1 Å². The Labute approximate surface area is 118 Å². The van der Waals surface area contributed by atoms with E-state index in [2.05, 4.69) is 15.9 Å². The first-order chi connectivity index (χ1) is 8.66. The summed E-state index contributed by atoms with van der Waals surface area (Å²) in [5.41, 5.74) is 0.838. The van der Waals surface area contributed by atoms with Gasteiger partial charge >= 0.3 is 0 Å². The van der Waals surface area contributed by atoms with Gasteiger partial charge in [0.15, 0.2) is 6.20 Å². The zero-order chi connectivity index (χ0) is 13.0. The second kappa shape index (κ2) is 6.22. The van der Waals surface area contributed by atoms with Gasteiger partial charge in [-0.3, -0.25) is 0 Å². The van der Waals surface area contributed by atoms with Gasteiger partial charge in [0.05, 0.1) is 6.10 Å². The smallest absolute Gasteiger partial charge is 0.251 e. The van der Waals surface area contributed by atoms with E-state index < -0.39 is 6.10 Å². The largest absolute Gasteiger partial charge is 0.618 e. The van der Waals surface area contributed by atoms with Crippen molar-refractivity contribution in [1.29, 1.82) is 0 Å². The summed E-state index contributed by atoms with van der Waals surface area (Å²) < 4.78 is 1.74. The third kappa shape index (κ3) is 3.48. The molecule has 0 aliphatic heterocycles. The molecule has 0 aliphatic carbocycles. The number of nitrogens with zero attached hydrogens (tertiary/aromatic N) is 1. The molecule has 0 saturated carbocycles. The van der Waals surface area contributed by atoms with E-state index in [4.69, 9.17) is 0 Å². The van der Waals surface area contributed by atoms with Crippen molar-refractivity contribution in [3.8, 4) is 0 Å². The summed E-state index contributed by atoms with van der Waals surface area (Å²) >= 11 is 4.71. The molecule has 1 N–H and O–H groups in total. The Kier molecular flexibility index (Phi) is 4.63. The van der Waals surface area contributed by atoms with Crippen LogP contribution in [0.2, 0.25) is 0 Å². The lowest BCUT2D eigenvalue weighted by Crippen LogP contribution is -2.28. The zero-order valence-corrected chi connectivity index (χ0v) is 11.9. The number of halogens is 1. The summed E-state index contributed by atoms with van der Waals surface area (Å²) in [5, 5.41) is 22.1. The van der Waals surface area contributed by atoms with Gasteiger partial charge in [0.25, 0.3) is 5.03 Å². The van der Waals surface area contributed by atoms with Gasteiger partial charge in [0.1, 0.15) is 0 Å². The first kappa shape index (κ1) is 13.4. The fraction of sp³-hybridized carbons (Fsp3) is 0.154. The predicted molar refractivity (Wildman–Crippen MR) is 75.2 cm³/mol. The van der Waals surface area contributed by atoms with Gasteiger partial charge in [-0.2, -0.15) is 4.73 Å². The highest BCUT2D eigenvalue weighted by molar-refractivity contribution is 9.10. The summed E-state index contributed by atoms with van der Waals surface area (Å²) in [4.78, 5) is 0. The molecular formula is C13H12BrNO2S. The minimum absolute atomic E-state index is 0.447. The monoisotopic (exact) mass is 325 g/mol. The normalized spacial score (nSPS) is 12.3. The number of thioether (sulfide) groups is 1. The average Bonchev–Trinajstić information content (AvgIpc) is 2.37. The number of pyridine rings is 1. The fourth-order valence-corrected chi connectivity index (χ4v) is 2.80. The molecule has 1 aromatic carbocycles. The molecule has 0 fully saturated rings. The van der Waals surface area contributed by atoms with Gasteiger partial charge in [0.2, 0.25) is 0 Å². The first-order valence-electron chi connectivity index (χ1n) is 5.41. The molecular weight excluding hydrogens is 314 g/mol. The molecule has 0 amide bonds. The van der Waals surface area contributed by atoms with E-state index in [9.17, 15) is 10.3 Å². The van der Waals surface area contributed by atoms with Crippen LogP contribution in [0.3, 0.4) is 0 Å². The lowest BCUT2D eigenvalue weighted by Gasteiger charge is -2.10. The van der Waals surface area contributed by atoms with Crippen molar-refractivity contribution in [3.05, 3.63) is 63.9 Å². The second-order valence-electron chi connectivity index (χ2n) is 3.75. The van der Waals surface area contributed by atoms with Gasteiger partial charge in [-0.05, 0) is 23.8 Å². The van der Waals surface area contributed by atoms with Crippen LogP contribution in [0.5, 0.6) is 0 Å². The van der Waals surface area contributed by atoms with Crippen molar-refractivity contribution in [1.82, 2.24) is 0 Å². The van der Waals surface area contributed by atoms with Gasteiger partial charge in [-0.25, -0.2) is 0 Å². The molecule has 0 saturated heterocycles. The van der Waals surface area contributed by atoms with Crippen molar-refractivity contribution in [3.63, 3.8) is 0 Å². The highest BCUT2D eigenvalue weighted by Gasteiger charge is 2.12. The van der Waals surface area contributed by atoms with Crippen LogP contribution in [0.4, 0.5) is 0 Å². The molecule has 0 bridgehead atoms. The van der Waals surface area contributed by atoms with Crippen molar-refractivity contribution in [2.24, 2.45) is 0 Å². The van der Waals surface area contributed by atoms with Gasteiger partial charge in [-0.1, -0.05) is 39.8 Å². The van der Waals surface area contributed by atoms with Crippen LogP contribution in [0.1, 0.15) is 11.7 Å². The Hall–Kier alpha value is -1.04.